The molecule has 1 atom stereocenters. The Balaban J connectivity index is 0.00000338. The second-order valence-electron chi connectivity index (χ2n) is 6.37. The summed E-state index contributed by atoms with van der Waals surface area (Å²) in [5, 5.41) is 5.66. The molecule has 0 fully saturated rings. The van der Waals surface area contributed by atoms with Crippen molar-refractivity contribution >= 4 is 29.9 Å². The van der Waals surface area contributed by atoms with Gasteiger partial charge >= 0.3 is 0 Å². The van der Waals surface area contributed by atoms with Gasteiger partial charge in [0.15, 0.2) is 0 Å². The normalized spacial score (nSPS) is 12.4. The number of halogens is 1. The fourth-order valence-electron chi connectivity index (χ4n) is 2.53. The van der Waals surface area contributed by atoms with Gasteiger partial charge in [-0.2, -0.15) is 0 Å². The van der Waals surface area contributed by atoms with Gasteiger partial charge in [0.2, 0.25) is 5.91 Å². The van der Waals surface area contributed by atoms with Gasteiger partial charge in [-0.1, -0.05) is 49.7 Å². The highest BCUT2D eigenvalue weighted by Crippen LogP contribution is 2.15. The zero-order chi connectivity index (χ0) is 18.3. The number of amides is 2. The Labute approximate surface area is 160 Å². The van der Waals surface area contributed by atoms with E-state index in [-0.39, 0.29) is 24.2 Å². The number of hydrogen-bond acceptors (Lipinski definition) is 3. The lowest BCUT2D eigenvalue weighted by Crippen LogP contribution is -2.48. The number of rotatable bonds is 7. The number of carbonyl (C=O) groups excluding carboxylic acids is 2. The third kappa shape index (κ3) is 6.17. The highest BCUT2D eigenvalue weighted by atomic mass is 35.5. The van der Waals surface area contributed by atoms with Gasteiger partial charge in [-0.25, -0.2) is 0 Å². The van der Waals surface area contributed by atoms with Crippen molar-refractivity contribution in [2.45, 2.75) is 38.8 Å². The summed E-state index contributed by atoms with van der Waals surface area (Å²) in [5.74, 6) is -0.444. The van der Waals surface area contributed by atoms with Gasteiger partial charge in [-0.15, -0.1) is 12.4 Å². The molecule has 2 aromatic carbocycles. The predicted octanol–water partition coefficient (Wildman–Crippen LogP) is 3.49. The van der Waals surface area contributed by atoms with Crippen LogP contribution in [0.4, 0.5) is 5.69 Å². The van der Waals surface area contributed by atoms with Crippen molar-refractivity contribution in [1.29, 1.82) is 0 Å². The third-order valence-electron chi connectivity index (χ3n) is 3.97. The smallest absolute Gasteiger partial charge is 0.251 e. The van der Waals surface area contributed by atoms with E-state index in [9.17, 15) is 9.59 Å². The van der Waals surface area contributed by atoms with Crippen LogP contribution in [0.15, 0.2) is 54.6 Å². The highest BCUT2D eigenvalue weighted by Gasteiger charge is 2.27. The molecule has 6 heteroatoms. The molecule has 26 heavy (non-hydrogen) atoms. The molecule has 2 aromatic rings. The van der Waals surface area contributed by atoms with Gasteiger partial charge in [0.05, 0.1) is 5.54 Å². The van der Waals surface area contributed by atoms with Crippen LogP contribution in [-0.2, 0) is 11.3 Å². The van der Waals surface area contributed by atoms with Crippen LogP contribution in [0.25, 0.3) is 0 Å². The number of nitrogens with two attached hydrogens (primary N) is 1. The standard InChI is InChI=1S/C20H25N3O2.ClH/c1-3-12-20(2,21)19(25)23-17-11-7-10-16(13-17)18(24)22-14-15-8-5-4-6-9-15;/h4-11,13H,3,12,14,21H2,1-2H3,(H,22,24)(H,23,25);1H. The lowest BCUT2D eigenvalue weighted by atomic mass is 9.96. The third-order valence-corrected chi connectivity index (χ3v) is 3.97. The van der Waals surface area contributed by atoms with Crippen molar-refractivity contribution in [1.82, 2.24) is 5.32 Å². The summed E-state index contributed by atoms with van der Waals surface area (Å²) in [7, 11) is 0. The van der Waals surface area contributed by atoms with E-state index in [0.717, 1.165) is 12.0 Å². The molecular weight excluding hydrogens is 350 g/mol. The summed E-state index contributed by atoms with van der Waals surface area (Å²) in [6, 6.07) is 16.5. The highest BCUT2D eigenvalue weighted by molar-refractivity contribution is 6.00. The summed E-state index contributed by atoms with van der Waals surface area (Å²) in [6.07, 6.45) is 1.42. The minimum absolute atomic E-state index is 0. The first-order valence-electron chi connectivity index (χ1n) is 8.45. The first kappa shape index (κ1) is 21.7. The van der Waals surface area contributed by atoms with Gasteiger partial charge in [-0.3, -0.25) is 9.59 Å². The van der Waals surface area contributed by atoms with E-state index in [4.69, 9.17) is 5.73 Å². The molecule has 0 saturated heterocycles. The number of hydrogen-bond donors (Lipinski definition) is 3. The van der Waals surface area contributed by atoms with Crippen LogP contribution in [0.2, 0.25) is 0 Å². The average Bonchev–Trinajstić information content (AvgIpc) is 2.60. The van der Waals surface area contributed by atoms with E-state index in [0.29, 0.717) is 24.2 Å². The monoisotopic (exact) mass is 375 g/mol. The van der Waals surface area contributed by atoms with Crippen molar-refractivity contribution in [2.24, 2.45) is 5.73 Å². The second-order valence-corrected chi connectivity index (χ2v) is 6.37. The first-order valence-corrected chi connectivity index (χ1v) is 8.45. The van der Waals surface area contributed by atoms with Gasteiger partial charge in [0.1, 0.15) is 0 Å². The van der Waals surface area contributed by atoms with Crippen LogP contribution >= 0.6 is 12.4 Å². The Kier molecular flexibility index (Phi) is 8.29. The molecule has 0 heterocycles. The molecule has 0 radical (unpaired) electrons. The van der Waals surface area contributed by atoms with Gasteiger partial charge in [0, 0.05) is 17.8 Å². The lowest BCUT2D eigenvalue weighted by Gasteiger charge is -2.23. The Morgan fingerprint density at radius 1 is 1.08 bits per heavy atom. The molecule has 0 saturated carbocycles. The largest absolute Gasteiger partial charge is 0.348 e. The molecule has 0 aliphatic heterocycles. The zero-order valence-electron chi connectivity index (χ0n) is 15.1. The lowest BCUT2D eigenvalue weighted by molar-refractivity contribution is -0.120. The van der Waals surface area contributed by atoms with E-state index in [2.05, 4.69) is 10.6 Å². The molecule has 0 aliphatic carbocycles. The fourth-order valence-corrected chi connectivity index (χ4v) is 2.53. The van der Waals surface area contributed by atoms with E-state index >= 15 is 0 Å². The Morgan fingerprint density at radius 2 is 1.77 bits per heavy atom. The predicted molar refractivity (Wildman–Crippen MR) is 107 cm³/mol. The number of benzene rings is 2. The van der Waals surface area contributed by atoms with E-state index < -0.39 is 5.54 Å². The van der Waals surface area contributed by atoms with Crippen molar-refractivity contribution in [2.75, 3.05) is 5.32 Å². The first-order chi connectivity index (χ1) is 11.9. The van der Waals surface area contributed by atoms with Gasteiger partial charge in [0.25, 0.3) is 5.91 Å². The van der Waals surface area contributed by atoms with E-state index in [1.807, 2.05) is 37.3 Å². The molecule has 1 unspecified atom stereocenters. The molecule has 0 aromatic heterocycles. The topological polar surface area (TPSA) is 84.2 Å². The van der Waals surface area contributed by atoms with Crippen LogP contribution in [0, 0.1) is 0 Å². The second kappa shape index (κ2) is 9.94. The maximum atomic E-state index is 12.3. The summed E-state index contributed by atoms with van der Waals surface area (Å²) in [6.45, 7) is 4.14. The Morgan fingerprint density at radius 3 is 2.42 bits per heavy atom. The van der Waals surface area contributed by atoms with Crippen LogP contribution in [0.3, 0.4) is 0 Å². The van der Waals surface area contributed by atoms with Crippen molar-refractivity contribution in [3.63, 3.8) is 0 Å². The Hall–Kier alpha value is -2.37. The molecule has 0 aliphatic rings. The van der Waals surface area contributed by atoms with E-state index in [1.165, 1.54) is 0 Å². The molecule has 2 rings (SSSR count). The fraction of sp³-hybridized carbons (Fsp3) is 0.300. The Bertz CT molecular complexity index is 733. The molecular formula is C20H26ClN3O2. The molecule has 140 valence electrons. The zero-order valence-corrected chi connectivity index (χ0v) is 15.9. The molecule has 5 nitrogen and oxygen atoms in total. The minimum Gasteiger partial charge on any atom is -0.348 e. The maximum Gasteiger partial charge on any atom is 0.251 e. The van der Waals surface area contributed by atoms with Crippen molar-refractivity contribution in [3.8, 4) is 0 Å². The molecule has 0 bridgehead atoms. The number of anilines is 1. The van der Waals surface area contributed by atoms with Gasteiger partial charge < -0.3 is 16.4 Å². The molecule has 2 amide bonds. The van der Waals surface area contributed by atoms with Crippen molar-refractivity contribution < 1.29 is 9.59 Å². The van der Waals surface area contributed by atoms with Gasteiger partial charge in [-0.05, 0) is 37.1 Å². The average molecular weight is 376 g/mol. The number of nitrogens with one attached hydrogen (secondary N) is 2. The van der Waals surface area contributed by atoms with E-state index in [1.54, 1.807) is 31.2 Å². The quantitative estimate of drug-likeness (QED) is 0.692. The SMILES string of the molecule is CCCC(C)(N)C(=O)Nc1cccc(C(=O)NCc2ccccc2)c1.Cl. The summed E-state index contributed by atoms with van der Waals surface area (Å²) in [4.78, 5) is 24.6. The molecule has 4 N–H and O–H groups in total. The minimum atomic E-state index is -0.930. The summed E-state index contributed by atoms with van der Waals surface area (Å²) >= 11 is 0. The number of carbonyl (C=O) groups is 2. The summed E-state index contributed by atoms with van der Waals surface area (Å²) < 4.78 is 0. The van der Waals surface area contributed by atoms with Crippen LogP contribution in [0.1, 0.15) is 42.6 Å². The summed E-state index contributed by atoms with van der Waals surface area (Å²) in [5.41, 5.74) is 7.18. The molecule has 0 spiro atoms. The van der Waals surface area contributed by atoms with Crippen LogP contribution in [-0.4, -0.2) is 17.4 Å². The maximum absolute atomic E-state index is 12.3. The van der Waals surface area contributed by atoms with Crippen LogP contribution < -0.4 is 16.4 Å². The van der Waals surface area contributed by atoms with Crippen molar-refractivity contribution in [3.05, 3.63) is 65.7 Å². The van der Waals surface area contributed by atoms with Crippen LogP contribution in [0.5, 0.6) is 0 Å².